The number of benzene rings is 1. The zero-order valence-electron chi connectivity index (χ0n) is 10.1. The maximum Gasteiger partial charge on any atom is 0.223 e. The second-order valence-electron chi connectivity index (χ2n) is 4.48. The van der Waals surface area contributed by atoms with Gasteiger partial charge in [0.05, 0.1) is 5.52 Å². The molecular weight excluding hydrogens is 278 g/mol. The van der Waals surface area contributed by atoms with Crippen molar-refractivity contribution in [3.05, 3.63) is 28.9 Å². The highest BCUT2D eigenvalue weighted by molar-refractivity contribution is 9.10. The molecule has 1 aromatic carbocycles. The van der Waals surface area contributed by atoms with Gasteiger partial charge in [0.15, 0.2) is 0 Å². The normalized spacial score (nSPS) is 11.1. The van der Waals surface area contributed by atoms with E-state index >= 15 is 0 Å². The van der Waals surface area contributed by atoms with Gasteiger partial charge in [-0.2, -0.15) is 0 Å². The first-order valence-electron chi connectivity index (χ1n) is 5.82. The first-order chi connectivity index (χ1) is 8.16. The molecule has 0 aliphatic rings. The smallest absolute Gasteiger partial charge is 0.223 e. The van der Waals surface area contributed by atoms with Crippen LogP contribution in [0.25, 0.3) is 10.9 Å². The monoisotopic (exact) mass is 293 g/mol. The number of nitrogens with one attached hydrogen (secondary N) is 1. The molecule has 0 amide bonds. The molecule has 0 fully saturated rings. The van der Waals surface area contributed by atoms with E-state index < -0.39 is 0 Å². The standard InChI is InChI=1S/C13H16BrN3/c1-9(2)6-7-15-13-16-8-10-11(14)4-3-5-12(10)17-13/h3-5,8-9H,6-7H2,1-2H3,(H,15,16,17). The number of aromatic nitrogens is 2. The molecule has 0 unspecified atom stereocenters. The first-order valence-corrected chi connectivity index (χ1v) is 6.61. The van der Waals surface area contributed by atoms with Crippen LogP contribution in [0.1, 0.15) is 20.3 Å². The van der Waals surface area contributed by atoms with Crippen molar-refractivity contribution in [2.45, 2.75) is 20.3 Å². The van der Waals surface area contributed by atoms with E-state index in [0.717, 1.165) is 28.3 Å². The Labute approximate surface area is 110 Å². The minimum Gasteiger partial charge on any atom is -0.354 e. The van der Waals surface area contributed by atoms with Gasteiger partial charge >= 0.3 is 0 Å². The lowest BCUT2D eigenvalue weighted by molar-refractivity contribution is 0.606. The average Bonchev–Trinajstić information content (AvgIpc) is 2.29. The van der Waals surface area contributed by atoms with Gasteiger partial charge < -0.3 is 5.32 Å². The minimum absolute atomic E-state index is 0.692. The number of halogens is 1. The largest absolute Gasteiger partial charge is 0.354 e. The quantitative estimate of drug-likeness (QED) is 0.930. The highest BCUT2D eigenvalue weighted by Gasteiger charge is 2.02. The number of rotatable bonds is 4. The zero-order chi connectivity index (χ0) is 12.3. The fraction of sp³-hybridized carbons (Fsp3) is 0.385. The summed E-state index contributed by atoms with van der Waals surface area (Å²) in [4.78, 5) is 8.79. The van der Waals surface area contributed by atoms with Crippen molar-refractivity contribution in [2.24, 2.45) is 5.92 Å². The van der Waals surface area contributed by atoms with Gasteiger partial charge in [-0.1, -0.05) is 35.8 Å². The molecular formula is C13H16BrN3. The Hall–Kier alpha value is -1.16. The first kappa shape index (κ1) is 12.3. The minimum atomic E-state index is 0.692. The van der Waals surface area contributed by atoms with Crippen LogP contribution in [0, 0.1) is 5.92 Å². The van der Waals surface area contributed by atoms with Gasteiger partial charge in [-0.05, 0) is 24.5 Å². The summed E-state index contributed by atoms with van der Waals surface area (Å²) in [6.07, 6.45) is 2.98. The van der Waals surface area contributed by atoms with Gasteiger partial charge in [0, 0.05) is 22.6 Å². The number of nitrogens with zero attached hydrogens (tertiary/aromatic N) is 2. The molecule has 0 saturated heterocycles. The third-order valence-corrected chi connectivity index (χ3v) is 3.27. The summed E-state index contributed by atoms with van der Waals surface area (Å²) >= 11 is 3.49. The lowest BCUT2D eigenvalue weighted by atomic mass is 10.1. The molecule has 1 aromatic heterocycles. The summed E-state index contributed by atoms with van der Waals surface area (Å²) in [5, 5.41) is 4.29. The molecule has 17 heavy (non-hydrogen) atoms. The summed E-state index contributed by atoms with van der Waals surface area (Å²) in [5.41, 5.74) is 0.960. The molecule has 90 valence electrons. The Balaban J connectivity index is 2.15. The van der Waals surface area contributed by atoms with Crippen molar-refractivity contribution >= 4 is 32.8 Å². The van der Waals surface area contributed by atoms with Crippen molar-refractivity contribution in [1.82, 2.24) is 9.97 Å². The van der Waals surface area contributed by atoms with Crippen LogP contribution in [0.3, 0.4) is 0 Å². The van der Waals surface area contributed by atoms with Crippen LogP contribution in [-0.4, -0.2) is 16.5 Å². The third kappa shape index (κ3) is 3.16. The highest BCUT2D eigenvalue weighted by Crippen LogP contribution is 2.22. The Morgan fingerprint density at radius 2 is 2.18 bits per heavy atom. The van der Waals surface area contributed by atoms with E-state index in [4.69, 9.17) is 0 Å². The number of fused-ring (bicyclic) bond motifs is 1. The van der Waals surface area contributed by atoms with Gasteiger partial charge in [0.1, 0.15) is 0 Å². The van der Waals surface area contributed by atoms with Crippen LogP contribution in [0.5, 0.6) is 0 Å². The Morgan fingerprint density at radius 1 is 1.35 bits per heavy atom. The van der Waals surface area contributed by atoms with Gasteiger partial charge in [-0.3, -0.25) is 0 Å². The van der Waals surface area contributed by atoms with Crippen molar-refractivity contribution in [2.75, 3.05) is 11.9 Å². The molecule has 2 aromatic rings. The van der Waals surface area contributed by atoms with Crippen molar-refractivity contribution in [3.63, 3.8) is 0 Å². The van der Waals surface area contributed by atoms with Crippen LogP contribution >= 0.6 is 15.9 Å². The van der Waals surface area contributed by atoms with Crippen LogP contribution < -0.4 is 5.32 Å². The van der Waals surface area contributed by atoms with Crippen LogP contribution in [-0.2, 0) is 0 Å². The van der Waals surface area contributed by atoms with Gasteiger partial charge in [-0.15, -0.1) is 0 Å². The van der Waals surface area contributed by atoms with Crippen LogP contribution in [0.4, 0.5) is 5.95 Å². The molecule has 2 rings (SSSR count). The molecule has 3 nitrogen and oxygen atoms in total. The number of anilines is 1. The fourth-order valence-corrected chi connectivity index (χ4v) is 2.04. The lowest BCUT2D eigenvalue weighted by Gasteiger charge is -2.07. The zero-order valence-corrected chi connectivity index (χ0v) is 11.7. The second-order valence-corrected chi connectivity index (χ2v) is 5.33. The van der Waals surface area contributed by atoms with Crippen molar-refractivity contribution < 1.29 is 0 Å². The fourth-order valence-electron chi connectivity index (χ4n) is 1.58. The molecule has 4 heteroatoms. The Morgan fingerprint density at radius 3 is 2.94 bits per heavy atom. The van der Waals surface area contributed by atoms with E-state index in [1.165, 1.54) is 0 Å². The van der Waals surface area contributed by atoms with E-state index in [1.807, 2.05) is 24.4 Å². The van der Waals surface area contributed by atoms with E-state index in [-0.39, 0.29) is 0 Å². The summed E-state index contributed by atoms with van der Waals surface area (Å²) in [6.45, 7) is 5.33. The van der Waals surface area contributed by atoms with E-state index in [1.54, 1.807) is 0 Å². The molecule has 0 aliphatic carbocycles. The number of hydrogen-bond donors (Lipinski definition) is 1. The topological polar surface area (TPSA) is 37.8 Å². The lowest BCUT2D eigenvalue weighted by Crippen LogP contribution is -2.07. The predicted octanol–water partition coefficient (Wildman–Crippen LogP) is 3.85. The summed E-state index contributed by atoms with van der Waals surface area (Å²) in [6, 6.07) is 5.98. The third-order valence-electron chi connectivity index (χ3n) is 2.58. The van der Waals surface area contributed by atoms with Gasteiger partial charge in [0.25, 0.3) is 0 Å². The van der Waals surface area contributed by atoms with Crippen LogP contribution in [0.2, 0.25) is 0 Å². The molecule has 0 aliphatic heterocycles. The van der Waals surface area contributed by atoms with Gasteiger partial charge in [0.2, 0.25) is 5.95 Å². The molecule has 0 bridgehead atoms. The van der Waals surface area contributed by atoms with E-state index in [9.17, 15) is 0 Å². The second kappa shape index (κ2) is 5.45. The van der Waals surface area contributed by atoms with E-state index in [2.05, 4.69) is 45.1 Å². The molecule has 0 saturated carbocycles. The summed E-state index contributed by atoms with van der Waals surface area (Å²) in [7, 11) is 0. The molecule has 0 spiro atoms. The van der Waals surface area contributed by atoms with Crippen LogP contribution in [0.15, 0.2) is 28.9 Å². The van der Waals surface area contributed by atoms with E-state index in [0.29, 0.717) is 11.9 Å². The summed E-state index contributed by atoms with van der Waals surface area (Å²) in [5.74, 6) is 1.40. The SMILES string of the molecule is CC(C)CCNc1ncc2c(Br)cccc2n1. The molecule has 0 radical (unpaired) electrons. The van der Waals surface area contributed by atoms with Crippen molar-refractivity contribution in [1.29, 1.82) is 0 Å². The maximum atomic E-state index is 4.48. The average molecular weight is 294 g/mol. The number of hydrogen-bond acceptors (Lipinski definition) is 3. The maximum absolute atomic E-state index is 4.48. The van der Waals surface area contributed by atoms with Gasteiger partial charge in [-0.25, -0.2) is 9.97 Å². The predicted molar refractivity (Wildman–Crippen MR) is 75.2 cm³/mol. The Bertz CT molecular complexity index is 511. The molecule has 0 atom stereocenters. The Kier molecular flexibility index (Phi) is 3.94. The van der Waals surface area contributed by atoms with Crippen molar-refractivity contribution in [3.8, 4) is 0 Å². The summed E-state index contributed by atoms with van der Waals surface area (Å²) < 4.78 is 1.03. The molecule has 1 N–H and O–H groups in total. The molecule has 1 heterocycles. The highest BCUT2D eigenvalue weighted by atomic mass is 79.9.